The Kier molecular flexibility index (Phi) is 5.47. The van der Waals surface area contributed by atoms with Crippen molar-refractivity contribution in [3.05, 3.63) is 33.5 Å². The van der Waals surface area contributed by atoms with Crippen LogP contribution in [0.15, 0.2) is 11.4 Å². The Bertz CT molecular complexity index is 767. The maximum Gasteiger partial charge on any atom is 0.272 e. The predicted molar refractivity (Wildman–Crippen MR) is 95.2 cm³/mol. The fourth-order valence-corrected chi connectivity index (χ4v) is 3.76. The van der Waals surface area contributed by atoms with Gasteiger partial charge in [-0.1, -0.05) is 6.92 Å². The molecule has 134 valence electrons. The smallest absolute Gasteiger partial charge is 0.272 e. The second kappa shape index (κ2) is 7.77. The lowest BCUT2D eigenvalue weighted by atomic mass is 10.3. The molecule has 2 aromatic rings. The second-order valence-corrected chi connectivity index (χ2v) is 7.15. The lowest BCUT2D eigenvalue weighted by molar-refractivity contribution is -0.129. The summed E-state index contributed by atoms with van der Waals surface area (Å²) in [7, 11) is 0. The van der Waals surface area contributed by atoms with Crippen LogP contribution in [0.5, 0.6) is 0 Å². The van der Waals surface area contributed by atoms with Gasteiger partial charge in [-0.3, -0.25) is 14.3 Å². The third-order valence-electron chi connectivity index (χ3n) is 4.19. The van der Waals surface area contributed by atoms with Gasteiger partial charge in [-0.05, 0) is 25.3 Å². The Morgan fingerprint density at radius 3 is 2.96 bits per heavy atom. The SMILES string of the molecule is CCCc1nc(CNC(=O)c2cc3n(n2)CCCN(C(C)=O)C3)cs1. The minimum absolute atomic E-state index is 0.0482. The topological polar surface area (TPSA) is 80.1 Å². The average Bonchev–Trinajstić information content (AvgIpc) is 3.14. The van der Waals surface area contributed by atoms with Gasteiger partial charge in [0.15, 0.2) is 5.69 Å². The minimum Gasteiger partial charge on any atom is -0.345 e. The van der Waals surface area contributed by atoms with Crippen LogP contribution in [0.25, 0.3) is 0 Å². The van der Waals surface area contributed by atoms with E-state index in [9.17, 15) is 9.59 Å². The number of carbonyl (C=O) groups excluding carboxylic acids is 2. The van der Waals surface area contributed by atoms with Gasteiger partial charge in [0.25, 0.3) is 5.91 Å². The molecule has 1 aliphatic rings. The van der Waals surface area contributed by atoms with E-state index < -0.39 is 0 Å². The van der Waals surface area contributed by atoms with E-state index in [0.29, 0.717) is 18.8 Å². The summed E-state index contributed by atoms with van der Waals surface area (Å²) in [6.45, 7) is 6.05. The van der Waals surface area contributed by atoms with E-state index >= 15 is 0 Å². The maximum atomic E-state index is 12.4. The number of nitrogens with zero attached hydrogens (tertiary/aromatic N) is 4. The monoisotopic (exact) mass is 361 g/mol. The van der Waals surface area contributed by atoms with Crippen LogP contribution in [-0.2, 0) is 30.8 Å². The Balaban J connectivity index is 1.63. The van der Waals surface area contributed by atoms with Crippen molar-refractivity contribution in [2.24, 2.45) is 0 Å². The van der Waals surface area contributed by atoms with Crippen LogP contribution in [-0.4, -0.2) is 38.0 Å². The van der Waals surface area contributed by atoms with Gasteiger partial charge in [0.05, 0.1) is 29.5 Å². The molecular weight excluding hydrogens is 338 g/mol. The van der Waals surface area contributed by atoms with Gasteiger partial charge in [-0.15, -0.1) is 11.3 Å². The molecule has 0 saturated heterocycles. The highest BCUT2D eigenvalue weighted by Crippen LogP contribution is 2.15. The summed E-state index contributed by atoms with van der Waals surface area (Å²) in [6.07, 6.45) is 2.88. The van der Waals surface area contributed by atoms with E-state index in [2.05, 4.69) is 22.3 Å². The van der Waals surface area contributed by atoms with E-state index in [-0.39, 0.29) is 11.8 Å². The molecule has 0 radical (unpaired) electrons. The Labute approximate surface area is 151 Å². The van der Waals surface area contributed by atoms with Gasteiger partial charge in [0, 0.05) is 25.4 Å². The summed E-state index contributed by atoms with van der Waals surface area (Å²) >= 11 is 1.63. The fourth-order valence-electron chi connectivity index (χ4n) is 2.86. The molecule has 3 rings (SSSR count). The largest absolute Gasteiger partial charge is 0.345 e. The molecule has 8 heteroatoms. The number of hydrogen-bond acceptors (Lipinski definition) is 5. The first-order valence-electron chi connectivity index (χ1n) is 8.60. The number of rotatable bonds is 5. The van der Waals surface area contributed by atoms with Crippen molar-refractivity contribution < 1.29 is 9.59 Å². The van der Waals surface area contributed by atoms with Gasteiger partial charge in [-0.2, -0.15) is 5.10 Å². The third-order valence-corrected chi connectivity index (χ3v) is 5.14. The molecule has 2 aromatic heterocycles. The summed E-state index contributed by atoms with van der Waals surface area (Å²) in [5.74, 6) is -0.160. The van der Waals surface area contributed by atoms with E-state index in [1.807, 2.05) is 10.1 Å². The number of amides is 2. The number of carbonyl (C=O) groups is 2. The van der Waals surface area contributed by atoms with Gasteiger partial charge in [0.2, 0.25) is 5.91 Å². The fraction of sp³-hybridized carbons (Fsp3) is 0.529. The molecule has 1 aliphatic heterocycles. The molecule has 0 aromatic carbocycles. The molecule has 0 fully saturated rings. The number of nitrogens with one attached hydrogen (secondary N) is 1. The first-order valence-corrected chi connectivity index (χ1v) is 9.48. The van der Waals surface area contributed by atoms with Crippen molar-refractivity contribution >= 4 is 23.2 Å². The molecule has 0 saturated carbocycles. The zero-order valence-electron chi connectivity index (χ0n) is 14.6. The van der Waals surface area contributed by atoms with Crippen LogP contribution in [0.4, 0.5) is 0 Å². The van der Waals surface area contributed by atoms with Crippen molar-refractivity contribution in [1.82, 2.24) is 25.0 Å². The van der Waals surface area contributed by atoms with Crippen LogP contribution in [0.3, 0.4) is 0 Å². The Morgan fingerprint density at radius 1 is 1.36 bits per heavy atom. The minimum atomic E-state index is -0.208. The third kappa shape index (κ3) is 4.25. The predicted octanol–water partition coefficient (Wildman–Crippen LogP) is 1.97. The second-order valence-electron chi connectivity index (χ2n) is 6.20. The van der Waals surface area contributed by atoms with Crippen LogP contribution in [0.1, 0.15) is 53.6 Å². The summed E-state index contributed by atoms with van der Waals surface area (Å²) < 4.78 is 1.83. The van der Waals surface area contributed by atoms with Gasteiger partial charge in [0.1, 0.15) is 0 Å². The molecule has 0 aliphatic carbocycles. The van der Waals surface area contributed by atoms with Crippen LogP contribution in [0, 0.1) is 0 Å². The first kappa shape index (κ1) is 17.6. The van der Waals surface area contributed by atoms with Crippen LogP contribution in [0.2, 0.25) is 0 Å². The molecule has 1 N–H and O–H groups in total. The quantitative estimate of drug-likeness (QED) is 0.883. The molecule has 0 unspecified atom stereocenters. The van der Waals surface area contributed by atoms with Crippen molar-refractivity contribution in [3.8, 4) is 0 Å². The zero-order valence-corrected chi connectivity index (χ0v) is 15.4. The standard InChI is InChI=1S/C17H23N5O2S/c1-3-5-16-19-13(11-25-16)9-18-17(24)15-8-14-10-21(12(2)23)6-4-7-22(14)20-15/h8,11H,3-7,9-10H2,1-2H3,(H,18,24). The molecule has 0 bridgehead atoms. The Hall–Kier alpha value is -2.22. The highest BCUT2D eigenvalue weighted by atomic mass is 32.1. The van der Waals surface area contributed by atoms with Crippen LogP contribution < -0.4 is 5.32 Å². The van der Waals surface area contributed by atoms with E-state index in [0.717, 1.165) is 48.7 Å². The molecule has 7 nitrogen and oxygen atoms in total. The highest BCUT2D eigenvalue weighted by Gasteiger charge is 2.20. The summed E-state index contributed by atoms with van der Waals surface area (Å²) in [5.41, 5.74) is 2.17. The average molecular weight is 361 g/mol. The van der Waals surface area contributed by atoms with Crippen molar-refractivity contribution in [1.29, 1.82) is 0 Å². The summed E-state index contributed by atoms with van der Waals surface area (Å²) in [5, 5.41) is 10.4. The van der Waals surface area contributed by atoms with E-state index in [4.69, 9.17) is 0 Å². The van der Waals surface area contributed by atoms with Crippen LogP contribution >= 0.6 is 11.3 Å². The number of fused-ring (bicyclic) bond motifs is 1. The highest BCUT2D eigenvalue weighted by molar-refractivity contribution is 7.09. The van der Waals surface area contributed by atoms with E-state index in [1.165, 1.54) is 0 Å². The first-order chi connectivity index (χ1) is 12.1. The number of thiazole rings is 1. The van der Waals surface area contributed by atoms with Crippen molar-refractivity contribution in [3.63, 3.8) is 0 Å². The number of aryl methyl sites for hydroxylation is 2. The van der Waals surface area contributed by atoms with Crippen molar-refractivity contribution in [2.75, 3.05) is 6.54 Å². The maximum absolute atomic E-state index is 12.4. The zero-order chi connectivity index (χ0) is 17.8. The van der Waals surface area contributed by atoms with Gasteiger partial charge in [-0.25, -0.2) is 4.98 Å². The Morgan fingerprint density at radius 2 is 2.20 bits per heavy atom. The summed E-state index contributed by atoms with van der Waals surface area (Å²) in [6, 6.07) is 1.78. The normalized spacial score (nSPS) is 14.1. The molecular formula is C17H23N5O2S. The molecule has 3 heterocycles. The number of hydrogen-bond donors (Lipinski definition) is 1. The lowest BCUT2D eigenvalue weighted by Gasteiger charge is -2.17. The van der Waals surface area contributed by atoms with Crippen molar-refractivity contribution in [2.45, 2.75) is 52.7 Å². The number of aromatic nitrogens is 3. The lowest BCUT2D eigenvalue weighted by Crippen LogP contribution is -2.28. The van der Waals surface area contributed by atoms with Gasteiger partial charge < -0.3 is 10.2 Å². The molecule has 25 heavy (non-hydrogen) atoms. The summed E-state index contributed by atoms with van der Waals surface area (Å²) in [4.78, 5) is 30.3. The van der Waals surface area contributed by atoms with E-state index in [1.54, 1.807) is 29.2 Å². The molecule has 2 amide bonds. The molecule has 0 spiro atoms. The van der Waals surface area contributed by atoms with Gasteiger partial charge >= 0.3 is 0 Å². The molecule has 0 atom stereocenters.